The van der Waals surface area contributed by atoms with Gasteiger partial charge in [-0.05, 0) is 148 Å². The second-order valence-corrected chi connectivity index (χ2v) is 16.1. The molecule has 0 radical (unpaired) electrons. The van der Waals surface area contributed by atoms with Crippen LogP contribution >= 0.6 is 0 Å². The Kier molecular flexibility index (Phi) is 17.6. The molecule has 1 atom stereocenters. The average molecular weight is 587 g/mol. The van der Waals surface area contributed by atoms with Gasteiger partial charge in [0.15, 0.2) is 0 Å². The van der Waals surface area contributed by atoms with Gasteiger partial charge in [-0.25, -0.2) is 0 Å². The number of hydrogen-bond acceptors (Lipinski definition) is 6. The molecule has 8 nitrogen and oxygen atoms in total. The highest BCUT2D eigenvalue weighted by molar-refractivity contribution is 5.72. The number of carboxylic acid groups (broad SMARTS) is 2. The highest BCUT2D eigenvalue weighted by Crippen LogP contribution is 2.29. The van der Waals surface area contributed by atoms with Gasteiger partial charge in [0.25, 0.3) is 0 Å². The summed E-state index contributed by atoms with van der Waals surface area (Å²) in [5.41, 5.74) is 7.01. The van der Waals surface area contributed by atoms with E-state index in [9.17, 15) is 9.59 Å². The summed E-state index contributed by atoms with van der Waals surface area (Å²) < 4.78 is 0. The van der Waals surface area contributed by atoms with E-state index in [0.717, 1.165) is 0 Å². The lowest BCUT2D eigenvalue weighted by Crippen LogP contribution is -2.55. The zero-order chi connectivity index (χ0) is 32.9. The van der Waals surface area contributed by atoms with Gasteiger partial charge in [-0.2, -0.15) is 0 Å². The van der Waals surface area contributed by atoms with Crippen LogP contribution in [-0.4, -0.2) is 61.4 Å². The van der Waals surface area contributed by atoms with E-state index in [4.69, 9.17) is 15.9 Å². The van der Waals surface area contributed by atoms with Crippen LogP contribution in [0.1, 0.15) is 161 Å². The van der Waals surface area contributed by atoms with E-state index in [1.807, 2.05) is 0 Å². The van der Waals surface area contributed by atoms with Gasteiger partial charge in [0, 0.05) is 39.7 Å². The van der Waals surface area contributed by atoms with Crippen LogP contribution in [0.4, 0.5) is 0 Å². The van der Waals surface area contributed by atoms with Gasteiger partial charge in [-0.15, -0.1) is 0 Å². The van der Waals surface area contributed by atoms with Crippen molar-refractivity contribution in [2.45, 2.75) is 200 Å². The molecule has 0 spiro atoms. The molecule has 1 unspecified atom stereocenters. The summed E-state index contributed by atoms with van der Waals surface area (Å²) in [5.74, 6) is -1.71. The molecule has 8 heteroatoms. The van der Waals surface area contributed by atoms with Crippen molar-refractivity contribution in [1.82, 2.24) is 16.0 Å². The Balaban J connectivity index is 0. The molecule has 0 bridgehead atoms. The molecule has 246 valence electrons. The zero-order valence-corrected chi connectivity index (χ0v) is 29.4. The molecule has 0 aromatic heterocycles. The largest absolute Gasteiger partial charge is 0.481 e. The smallest absolute Gasteiger partial charge is 0.320 e. The second-order valence-electron chi connectivity index (χ2n) is 16.1. The summed E-state index contributed by atoms with van der Waals surface area (Å²) in [7, 11) is 0. The molecule has 3 rings (SSSR count). The first-order valence-electron chi connectivity index (χ1n) is 15.7. The van der Waals surface area contributed by atoms with E-state index in [2.05, 4.69) is 99.0 Å². The molecule has 0 amide bonds. The van der Waals surface area contributed by atoms with Crippen molar-refractivity contribution in [1.29, 1.82) is 0 Å². The maximum Gasteiger partial charge on any atom is 0.320 e. The topological polar surface area (TPSA) is 137 Å². The maximum absolute atomic E-state index is 9.57. The van der Waals surface area contributed by atoms with E-state index in [1.165, 1.54) is 64.7 Å². The van der Waals surface area contributed by atoms with Crippen molar-refractivity contribution in [3.05, 3.63) is 0 Å². The molecule has 3 heterocycles. The zero-order valence-electron chi connectivity index (χ0n) is 29.4. The number of piperidine rings is 3. The minimum atomic E-state index is -0.963. The molecule has 3 aliphatic heterocycles. The minimum absolute atomic E-state index is 0.222. The van der Waals surface area contributed by atoms with Crippen LogP contribution in [0.25, 0.3) is 0 Å². The Morgan fingerprint density at radius 1 is 0.585 bits per heavy atom. The predicted molar refractivity (Wildman–Crippen MR) is 175 cm³/mol. The molecule has 0 aromatic carbocycles. The molecule has 3 saturated heterocycles. The van der Waals surface area contributed by atoms with Crippen LogP contribution in [-0.2, 0) is 9.59 Å². The summed E-state index contributed by atoms with van der Waals surface area (Å²) in [5, 5.41) is 26.5. The Morgan fingerprint density at radius 3 is 0.780 bits per heavy atom. The van der Waals surface area contributed by atoms with Crippen LogP contribution < -0.4 is 21.7 Å². The first kappa shape index (κ1) is 41.9. The molecule has 3 fully saturated rings. The molecule has 41 heavy (non-hydrogen) atoms. The first-order valence-corrected chi connectivity index (χ1v) is 15.7. The van der Waals surface area contributed by atoms with E-state index >= 15 is 0 Å². The van der Waals surface area contributed by atoms with Crippen LogP contribution in [0.2, 0.25) is 0 Å². The minimum Gasteiger partial charge on any atom is -0.481 e. The first-order chi connectivity index (χ1) is 18.2. The molecule has 0 aromatic rings. The quantitative estimate of drug-likeness (QED) is 0.207. The van der Waals surface area contributed by atoms with Crippen molar-refractivity contribution in [3.8, 4) is 0 Å². The number of nitrogens with one attached hydrogen (secondary N) is 3. The number of nitrogens with two attached hydrogens (primary N) is 1. The lowest BCUT2D eigenvalue weighted by atomic mass is 9.83. The van der Waals surface area contributed by atoms with Crippen LogP contribution in [0.15, 0.2) is 0 Å². The summed E-state index contributed by atoms with van der Waals surface area (Å²) >= 11 is 0. The second kappa shape index (κ2) is 17.2. The van der Waals surface area contributed by atoms with Gasteiger partial charge in [0.05, 0.1) is 0 Å². The van der Waals surface area contributed by atoms with E-state index < -0.39 is 18.0 Å². The molecular weight excluding hydrogens is 516 g/mol. The Morgan fingerprint density at radius 2 is 0.732 bits per heavy atom. The molecule has 3 aliphatic rings. The van der Waals surface area contributed by atoms with Crippen molar-refractivity contribution in [2.24, 2.45) is 5.73 Å². The number of hydrogen-bond donors (Lipinski definition) is 6. The number of carboxylic acids is 2. The molecule has 0 aliphatic carbocycles. The van der Waals surface area contributed by atoms with Crippen molar-refractivity contribution >= 4 is 11.9 Å². The predicted octanol–water partition coefficient (Wildman–Crippen LogP) is 6.85. The monoisotopic (exact) mass is 587 g/mol. The summed E-state index contributed by atoms with van der Waals surface area (Å²) in [6, 6.07) is -0.731. The van der Waals surface area contributed by atoms with E-state index in [0.29, 0.717) is 33.2 Å². The summed E-state index contributed by atoms with van der Waals surface area (Å²) in [6.07, 6.45) is 12.2. The van der Waals surface area contributed by atoms with Gasteiger partial charge < -0.3 is 31.9 Å². The highest BCUT2D eigenvalue weighted by atomic mass is 16.4. The van der Waals surface area contributed by atoms with Gasteiger partial charge in [-0.1, -0.05) is 6.92 Å². The van der Waals surface area contributed by atoms with Crippen LogP contribution in [0.5, 0.6) is 0 Å². The number of carbonyl (C=O) groups is 2. The molecule has 0 saturated carbocycles. The number of rotatable bonds is 2. The van der Waals surface area contributed by atoms with E-state index in [-0.39, 0.29) is 6.42 Å². The lowest BCUT2D eigenvalue weighted by molar-refractivity contribution is -0.138. The van der Waals surface area contributed by atoms with Crippen LogP contribution in [0, 0.1) is 0 Å². The maximum atomic E-state index is 9.57. The Bertz CT molecular complexity index is 653. The standard InChI is InChI=1S/3C9H19N.C3H7NO2.C3H6O2/c3*1-8(2)6-5-7-9(3,4)10-8;1-2(4)3(5)6;1-2-3(4)5/h3*10H,5-7H2,1-4H3;2H,4H2,1H3,(H,5,6);2H2,1H3,(H,4,5). The number of aliphatic carboxylic acids is 2. The molecule has 7 N–H and O–H groups in total. The van der Waals surface area contributed by atoms with Crippen molar-refractivity contribution in [2.75, 3.05) is 0 Å². The van der Waals surface area contributed by atoms with Gasteiger partial charge in [-0.3, -0.25) is 9.59 Å². The summed E-state index contributed by atoms with van der Waals surface area (Å²) in [4.78, 5) is 18.9. The fourth-order valence-corrected chi connectivity index (χ4v) is 6.04. The van der Waals surface area contributed by atoms with Crippen LogP contribution in [0.3, 0.4) is 0 Å². The average Bonchev–Trinajstić information content (AvgIpc) is 2.70. The molecular formula is C33H70N4O4. The van der Waals surface area contributed by atoms with E-state index in [1.54, 1.807) is 6.92 Å². The third-order valence-corrected chi connectivity index (χ3v) is 7.53. The lowest BCUT2D eigenvalue weighted by Gasteiger charge is -2.42. The highest BCUT2D eigenvalue weighted by Gasteiger charge is 2.33. The third kappa shape index (κ3) is 24.0. The third-order valence-electron chi connectivity index (χ3n) is 7.53. The fourth-order valence-electron chi connectivity index (χ4n) is 6.04. The van der Waals surface area contributed by atoms with Gasteiger partial charge in [0.1, 0.15) is 6.04 Å². The van der Waals surface area contributed by atoms with Crippen molar-refractivity contribution < 1.29 is 19.8 Å². The SMILES string of the molecule is CC(N)C(=O)O.CC1(C)CCCC(C)(C)N1.CC1(C)CCCC(C)(C)N1.CC1(C)CCCC(C)(C)N1.CCC(=O)O. The normalized spacial score (nSPS) is 24.9. The van der Waals surface area contributed by atoms with Crippen molar-refractivity contribution in [3.63, 3.8) is 0 Å². The fraction of sp³-hybridized carbons (Fsp3) is 0.939. The van der Waals surface area contributed by atoms with Gasteiger partial charge in [0.2, 0.25) is 0 Å². The van der Waals surface area contributed by atoms with Gasteiger partial charge >= 0.3 is 11.9 Å². The summed E-state index contributed by atoms with van der Waals surface area (Å²) in [6.45, 7) is 30.4. The Labute approximate surface area is 253 Å². The Hall–Kier alpha value is -1.22.